The van der Waals surface area contributed by atoms with Crippen LogP contribution in [0.5, 0.6) is 5.75 Å². The number of amides is 2. The number of ether oxygens (including phenoxy) is 1. The van der Waals surface area contributed by atoms with Crippen LogP contribution in [0.4, 0.5) is 4.39 Å². The average molecular weight is 468 g/mol. The average Bonchev–Trinajstić information content (AvgIpc) is 3.55. The van der Waals surface area contributed by atoms with Crippen molar-refractivity contribution in [1.29, 1.82) is 0 Å². The molecule has 5 rings (SSSR count). The van der Waals surface area contributed by atoms with Crippen molar-refractivity contribution < 1.29 is 23.1 Å². The molecule has 7 nitrogen and oxygen atoms in total. The molecule has 2 aliphatic heterocycles. The van der Waals surface area contributed by atoms with E-state index in [1.165, 1.54) is 12.1 Å². The Morgan fingerprint density at radius 3 is 2.97 bits per heavy atom. The molecule has 1 unspecified atom stereocenters. The summed E-state index contributed by atoms with van der Waals surface area (Å²) in [5, 5.41) is 2.72. The number of rotatable bonds is 5. The van der Waals surface area contributed by atoms with Crippen LogP contribution < -0.4 is 10.1 Å². The van der Waals surface area contributed by atoms with Gasteiger partial charge in [0.25, 0.3) is 11.8 Å². The summed E-state index contributed by atoms with van der Waals surface area (Å²) in [6, 6.07) is 11.3. The number of oxazole rings is 1. The van der Waals surface area contributed by atoms with Crippen LogP contribution in [-0.4, -0.2) is 52.5 Å². The fraction of sp³-hybridized carbons (Fsp3) is 0.292. The number of carbonyl (C=O) groups excluding carboxylic acids is 2. The Hall–Kier alpha value is -3.33. The van der Waals surface area contributed by atoms with E-state index in [0.29, 0.717) is 43.1 Å². The van der Waals surface area contributed by atoms with E-state index in [4.69, 9.17) is 9.15 Å². The summed E-state index contributed by atoms with van der Waals surface area (Å²) in [5.41, 5.74) is 2.12. The second-order valence-electron chi connectivity index (χ2n) is 7.84. The van der Waals surface area contributed by atoms with E-state index in [1.807, 2.05) is 6.07 Å². The Bertz CT molecular complexity index is 1230. The molecule has 170 valence electrons. The molecule has 0 bridgehead atoms. The van der Waals surface area contributed by atoms with Gasteiger partial charge in [-0.3, -0.25) is 9.59 Å². The van der Waals surface area contributed by atoms with E-state index in [9.17, 15) is 14.0 Å². The molecule has 2 aromatic carbocycles. The van der Waals surface area contributed by atoms with Crippen LogP contribution in [0, 0.1) is 12.7 Å². The van der Waals surface area contributed by atoms with Gasteiger partial charge in [0.15, 0.2) is 17.3 Å². The summed E-state index contributed by atoms with van der Waals surface area (Å²) in [7, 11) is 0. The lowest BCUT2D eigenvalue weighted by atomic mass is 10.0. The Labute approximate surface area is 194 Å². The van der Waals surface area contributed by atoms with E-state index >= 15 is 0 Å². The minimum atomic E-state index is -0.421. The van der Waals surface area contributed by atoms with Gasteiger partial charge in [-0.05, 0) is 24.3 Å². The summed E-state index contributed by atoms with van der Waals surface area (Å²) in [6.07, 6.45) is 0.704. The minimum absolute atomic E-state index is 0.148. The Kier molecular flexibility index (Phi) is 5.80. The molecule has 33 heavy (non-hydrogen) atoms. The fourth-order valence-corrected chi connectivity index (χ4v) is 5.32. The number of nitrogens with zero attached hydrogens (tertiary/aromatic N) is 2. The number of benzene rings is 2. The van der Waals surface area contributed by atoms with Crippen LogP contribution in [0.25, 0.3) is 11.3 Å². The van der Waals surface area contributed by atoms with Gasteiger partial charge in [-0.25, -0.2) is 9.37 Å². The molecular weight excluding hydrogens is 445 g/mol. The van der Waals surface area contributed by atoms with Gasteiger partial charge in [-0.2, -0.15) is 0 Å². The SMILES string of the molecule is Cc1nc(C(=O)N2CCSC2CNC(=O)c2cccc3c2CCO3)c(-c2cccc(F)c2)o1. The van der Waals surface area contributed by atoms with E-state index in [0.717, 1.165) is 17.1 Å². The van der Waals surface area contributed by atoms with Crippen molar-refractivity contribution in [3.63, 3.8) is 0 Å². The van der Waals surface area contributed by atoms with Crippen LogP contribution in [0.15, 0.2) is 46.9 Å². The molecule has 3 aromatic rings. The number of thioether (sulfide) groups is 1. The fourth-order valence-electron chi connectivity index (χ4n) is 4.17. The van der Waals surface area contributed by atoms with Crippen molar-refractivity contribution in [3.05, 3.63) is 71.0 Å². The second-order valence-corrected chi connectivity index (χ2v) is 9.12. The molecule has 2 amide bonds. The van der Waals surface area contributed by atoms with Gasteiger partial charge >= 0.3 is 0 Å². The van der Waals surface area contributed by atoms with Crippen LogP contribution in [0.2, 0.25) is 0 Å². The summed E-state index contributed by atoms with van der Waals surface area (Å²) in [4.78, 5) is 32.2. The second kappa shape index (κ2) is 8.90. The summed E-state index contributed by atoms with van der Waals surface area (Å²) in [5.74, 6) is 1.16. The zero-order chi connectivity index (χ0) is 22.9. The number of halogens is 1. The third kappa shape index (κ3) is 4.20. The highest BCUT2D eigenvalue weighted by atomic mass is 32.2. The maximum absolute atomic E-state index is 13.7. The summed E-state index contributed by atoms with van der Waals surface area (Å²) < 4.78 is 24.9. The highest BCUT2D eigenvalue weighted by Crippen LogP contribution is 2.31. The number of nitrogens with one attached hydrogen (secondary N) is 1. The summed E-state index contributed by atoms with van der Waals surface area (Å²) >= 11 is 1.59. The van der Waals surface area contributed by atoms with Gasteiger partial charge in [-0.1, -0.05) is 18.2 Å². The van der Waals surface area contributed by atoms with E-state index in [1.54, 1.807) is 47.9 Å². The predicted octanol–water partition coefficient (Wildman–Crippen LogP) is 3.67. The topological polar surface area (TPSA) is 84.7 Å². The van der Waals surface area contributed by atoms with Gasteiger partial charge < -0.3 is 19.4 Å². The van der Waals surface area contributed by atoms with Crippen molar-refractivity contribution in [2.45, 2.75) is 18.7 Å². The molecule has 2 aliphatic rings. The molecule has 9 heteroatoms. The van der Waals surface area contributed by atoms with Gasteiger partial charge in [0.05, 0.1) is 12.0 Å². The number of hydrogen-bond acceptors (Lipinski definition) is 6. The normalized spacial score (nSPS) is 17.0. The van der Waals surface area contributed by atoms with Gasteiger partial charge in [-0.15, -0.1) is 11.8 Å². The third-order valence-corrected chi connectivity index (χ3v) is 6.92. The predicted molar refractivity (Wildman–Crippen MR) is 122 cm³/mol. The Morgan fingerprint density at radius 2 is 2.12 bits per heavy atom. The molecule has 1 N–H and O–H groups in total. The van der Waals surface area contributed by atoms with Gasteiger partial charge in [0.1, 0.15) is 11.6 Å². The Balaban J connectivity index is 1.32. The smallest absolute Gasteiger partial charge is 0.277 e. The first-order valence-electron chi connectivity index (χ1n) is 10.7. The molecule has 0 radical (unpaired) electrons. The number of aryl methyl sites for hydroxylation is 1. The van der Waals surface area contributed by atoms with Gasteiger partial charge in [0.2, 0.25) is 0 Å². The lowest BCUT2D eigenvalue weighted by Crippen LogP contribution is -2.42. The zero-order valence-corrected chi connectivity index (χ0v) is 18.8. The Morgan fingerprint density at radius 1 is 1.27 bits per heavy atom. The van der Waals surface area contributed by atoms with Crippen LogP contribution in [-0.2, 0) is 6.42 Å². The third-order valence-electron chi connectivity index (χ3n) is 5.70. The highest BCUT2D eigenvalue weighted by molar-refractivity contribution is 8.00. The first kappa shape index (κ1) is 21.5. The largest absolute Gasteiger partial charge is 0.493 e. The maximum atomic E-state index is 13.7. The molecule has 1 fully saturated rings. The zero-order valence-electron chi connectivity index (χ0n) is 18.0. The first-order chi connectivity index (χ1) is 16.0. The molecule has 3 heterocycles. The van der Waals surface area contributed by atoms with Crippen molar-refractivity contribution >= 4 is 23.6 Å². The molecule has 1 saturated heterocycles. The van der Waals surface area contributed by atoms with Crippen molar-refractivity contribution in [1.82, 2.24) is 15.2 Å². The molecule has 0 saturated carbocycles. The van der Waals surface area contributed by atoms with E-state index in [2.05, 4.69) is 10.3 Å². The van der Waals surface area contributed by atoms with Crippen molar-refractivity contribution in [2.24, 2.45) is 0 Å². The number of carbonyl (C=O) groups is 2. The standard InChI is InChI=1S/C24H22FN3O4S/c1-14-27-21(22(32-14)15-4-2-5-16(25)12-15)24(30)28-9-11-33-20(28)13-26-23(29)18-6-3-7-19-17(18)8-10-31-19/h2-7,12,20H,8-11,13H2,1H3,(H,26,29). The number of hydrogen-bond donors (Lipinski definition) is 1. The molecule has 1 atom stereocenters. The number of aromatic nitrogens is 1. The lowest BCUT2D eigenvalue weighted by molar-refractivity contribution is 0.0746. The molecule has 1 aromatic heterocycles. The van der Waals surface area contributed by atoms with Crippen molar-refractivity contribution in [3.8, 4) is 17.1 Å². The minimum Gasteiger partial charge on any atom is -0.493 e. The molecular formula is C24H22FN3O4S. The van der Waals surface area contributed by atoms with Crippen LogP contribution in [0.1, 0.15) is 32.3 Å². The molecule has 0 aliphatic carbocycles. The first-order valence-corrected chi connectivity index (χ1v) is 11.7. The van der Waals surface area contributed by atoms with Crippen LogP contribution in [0.3, 0.4) is 0 Å². The summed E-state index contributed by atoms with van der Waals surface area (Å²) in [6.45, 7) is 3.04. The van der Waals surface area contributed by atoms with E-state index in [-0.39, 0.29) is 28.6 Å². The van der Waals surface area contributed by atoms with Gasteiger partial charge in [0, 0.05) is 48.9 Å². The number of fused-ring (bicyclic) bond motifs is 1. The highest BCUT2D eigenvalue weighted by Gasteiger charge is 2.34. The lowest BCUT2D eigenvalue weighted by Gasteiger charge is -2.23. The maximum Gasteiger partial charge on any atom is 0.277 e. The molecule has 0 spiro atoms. The monoisotopic (exact) mass is 467 g/mol. The quantitative estimate of drug-likeness (QED) is 0.617. The van der Waals surface area contributed by atoms with E-state index < -0.39 is 5.82 Å². The van der Waals surface area contributed by atoms with Crippen molar-refractivity contribution in [2.75, 3.05) is 25.4 Å². The van der Waals surface area contributed by atoms with Crippen LogP contribution >= 0.6 is 11.8 Å².